The lowest BCUT2D eigenvalue weighted by atomic mass is 9.93. The van der Waals surface area contributed by atoms with E-state index in [1.54, 1.807) is 11.0 Å². The lowest BCUT2D eigenvalue weighted by Gasteiger charge is -2.31. The lowest BCUT2D eigenvalue weighted by Crippen LogP contribution is -2.44. The molecule has 1 aromatic carbocycles. The molecule has 0 radical (unpaired) electrons. The molecule has 0 aliphatic carbocycles. The van der Waals surface area contributed by atoms with Crippen LogP contribution < -0.4 is 5.32 Å². The quantitative estimate of drug-likeness (QED) is 0.871. The smallest absolute Gasteiger partial charge is 0.313 e. The fourth-order valence-electron chi connectivity index (χ4n) is 3.24. The second-order valence-electron chi connectivity index (χ2n) is 6.72. The highest BCUT2D eigenvalue weighted by Gasteiger charge is 2.27. The lowest BCUT2D eigenvalue weighted by molar-refractivity contribution is -0.144. The normalized spacial score (nSPS) is 15.2. The first-order valence-corrected chi connectivity index (χ1v) is 8.66. The van der Waals surface area contributed by atoms with Gasteiger partial charge in [0.1, 0.15) is 5.82 Å². The third kappa shape index (κ3) is 4.26. The van der Waals surface area contributed by atoms with E-state index in [2.05, 4.69) is 10.3 Å². The van der Waals surface area contributed by atoms with Crippen molar-refractivity contribution in [2.75, 3.05) is 18.4 Å². The van der Waals surface area contributed by atoms with Crippen molar-refractivity contribution >= 4 is 17.5 Å². The number of hydrogen-bond donors (Lipinski definition) is 1. The molecule has 0 spiro atoms. The summed E-state index contributed by atoms with van der Waals surface area (Å²) in [6, 6.07) is 7.45. The van der Waals surface area contributed by atoms with Crippen LogP contribution >= 0.6 is 0 Å². The average molecular weight is 340 g/mol. The third-order valence-corrected chi connectivity index (χ3v) is 4.76. The minimum absolute atomic E-state index is 0.447. The molecule has 0 bridgehead atoms. The largest absolute Gasteiger partial charge is 0.338 e. The van der Waals surface area contributed by atoms with Crippen molar-refractivity contribution in [2.45, 2.75) is 26.2 Å². The zero-order chi connectivity index (χ0) is 17.8. The van der Waals surface area contributed by atoms with E-state index in [-0.39, 0.29) is 0 Å². The molecule has 1 N–H and O–H groups in total. The number of imidazole rings is 1. The van der Waals surface area contributed by atoms with Gasteiger partial charge in [0.05, 0.1) is 0 Å². The van der Waals surface area contributed by atoms with Crippen LogP contribution in [0.3, 0.4) is 0 Å². The Labute approximate surface area is 147 Å². The standard InChI is InChI=1S/C19H24N4O2/c1-14-4-3-5-16(12-14)21-18(24)19(25)23-9-6-15(7-10-23)13-17-20-8-11-22(17)2/h3-5,8,11-12,15H,6-7,9-10,13H2,1-2H3,(H,21,24). The van der Waals surface area contributed by atoms with Crippen LogP contribution in [0.4, 0.5) is 5.69 Å². The summed E-state index contributed by atoms with van der Waals surface area (Å²) in [4.78, 5) is 30.6. The predicted octanol–water partition coefficient (Wildman–Crippen LogP) is 2.15. The van der Waals surface area contributed by atoms with Crippen molar-refractivity contribution in [2.24, 2.45) is 13.0 Å². The molecule has 2 heterocycles. The fourth-order valence-corrected chi connectivity index (χ4v) is 3.24. The van der Waals surface area contributed by atoms with E-state index >= 15 is 0 Å². The van der Waals surface area contributed by atoms with Gasteiger partial charge in [0.15, 0.2) is 0 Å². The van der Waals surface area contributed by atoms with Gasteiger partial charge in [0, 0.05) is 44.6 Å². The number of anilines is 1. The molecule has 3 rings (SSSR count). The Bertz CT molecular complexity index is 760. The van der Waals surface area contributed by atoms with Crippen LogP contribution in [0, 0.1) is 12.8 Å². The average Bonchev–Trinajstić information content (AvgIpc) is 3.00. The number of aryl methyl sites for hydroxylation is 2. The number of carbonyl (C=O) groups is 2. The highest BCUT2D eigenvalue weighted by molar-refractivity contribution is 6.39. The Morgan fingerprint density at radius 2 is 2.04 bits per heavy atom. The highest BCUT2D eigenvalue weighted by atomic mass is 16.2. The van der Waals surface area contributed by atoms with E-state index in [0.717, 1.165) is 30.7 Å². The molecular weight excluding hydrogens is 316 g/mol. The first-order valence-electron chi connectivity index (χ1n) is 8.66. The van der Waals surface area contributed by atoms with Gasteiger partial charge in [-0.25, -0.2) is 4.98 Å². The number of rotatable bonds is 3. The van der Waals surface area contributed by atoms with Gasteiger partial charge in [0.25, 0.3) is 0 Å². The number of nitrogens with one attached hydrogen (secondary N) is 1. The molecular formula is C19H24N4O2. The van der Waals surface area contributed by atoms with Crippen LogP contribution in [0.5, 0.6) is 0 Å². The maximum absolute atomic E-state index is 12.4. The third-order valence-electron chi connectivity index (χ3n) is 4.76. The molecule has 1 aliphatic rings. The molecule has 1 aromatic heterocycles. The van der Waals surface area contributed by atoms with Gasteiger partial charge < -0.3 is 14.8 Å². The first-order chi connectivity index (χ1) is 12.0. The van der Waals surface area contributed by atoms with Crippen LogP contribution in [0.1, 0.15) is 24.2 Å². The zero-order valence-electron chi connectivity index (χ0n) is 14.7. The monoisotopic (exact) mass is 340 g/mol. The maximum Gasteiger partial charge on any atom is 0.313 e. The van der Waals surface area contributed by atoms with E-state index in [4.69, 9.17) is 0 Å². The number of amides is 2. The Morgan fingerprint density at radius 3 is 2.68 bits per heavy atom. The number of aromatic nitrogens is 2. The molecule has 25 heavy (non-hydrogen) atoms. The Kier molecular flexibility index (Phi) is 5.16. The minimum atomic E-state index is -0.562. The van der Waals surface area contributed by atoms with Crippen LogP contribution in [0.2, 0.25) is 0 Å². The number of carbonyl (C=O) groups excluding carboxylic acids is 2. The first kappa shape index (κ1) is 17.2. The van der Waals surface area contributed by atoms with Gasteiger partial charge in [-0.1, -0.05) is 12.1 Å². The molecule has 1 saturated heterocycles. The number of hydrogen-bond acceptors (Lipinski definition) is 3. The van der Waals surface area contributed by atoms with Crippen molar-refractivity contribution in [1.29, 1.82) is 0 Å². The molecule has 0 unspecified atom stereocenters. The summed E-state index contributed by atoms with van der Waals surface area (Å²) in [6.45, 7) is 3.19. The number of nitrogens with zero attached hydrogens (tertiary/aromatic N) is 3. The molecule has 6 nitrogen and oxygen atoms in total. The molecule has 2 aromatic rings. The highest BCUT2D eigenvalue weighted by Crippen LogP contribution is 2.21. The van der Waals surface area contributed by atoms with Crippen molar-refractivity contribution < 1.29 is 9.59 Å². The van der Waals surface area contributed by atoms with Crippen LogP contribution in [-0.2, 0) is 23.1 Å². The molecule has 1 aliphatic heterocycles. The second-order valence-corrected chi connectivity index (χ2v) is 6.72. The van der Waals surface area contributed by atoms with Gasteiger partial charge in [-0.15, -0.1) is 0 Å². The Balaban J connectivity index is 1.51. The van der Waals surface area contributed by atoms with Gasteiger partial charge in [-0.05, 0) is 43.4 Å². The van der Waals surface area contributed by atoms with Crippen molar-refractivity contribution in [3.05, 3.63) is 48.0 Å². The van der Waals surface area contributed by atoms with E-state index in [0.29, 0.717) is 24.7 Å². The van der Waals surface area contributed by atoms with Crippen LogP contribution in [0.25, 0.3) is 0 Å². The summed E-state index contributed by atoms with van der Waals surface area (Å²) in [6.07, 6.45) is 6.47. The Morgan fingerprint density at radius 1 is 1.28 bits per heavy atom. The maximum atomic E-state index is 12.4. The van der Waals surface area contributed by atoms with E-state index < -0.39 is 11.8 Å². The fraction of sp³-hybridized carbons (Fsp3) is 0.421. The zero-order valence-corrected chi connectivity index (χ0v) is 14.7. The summed E-state index contributed by atoms with van der Waals surface area (Å²) in [5.41, 5.74) is 1.70. The van der Waals surface area contributed by atoms with Gasteiger partial charge >= 0.3 is 11.8 Å². The summed E-state index contributed by atoms with van der Waals surface area (Å²) in [7, 11) is 2.00. The van der Waals surface area contributed by atoms with Gasteiger partial charge in [0.2, 0.25) is 0 Å². The molecule has 6 heteroatoms. The summed E-state index contributed by atoms with van der Waals surface area (Å²) in [5.74, 6) is 0.567. The second kappa shape index (κ2) is 7.51. The Hall–Kier alpha value is -2.63. The summed E-state index contributed by atoms with van der Waals surface area (Å²) >= 11 is 0. The predicted molar refractivity (Wildman–Crippen MR) is 96.0 cm³/mol. The number of piperidine rings is 1. The summed E-state index contributed by atoms with van der Waals surface area (Å²) in [5, 5.41) is 2.69. The van der Waals surface area contributed by atoms with Crippen molar-refractivity contribution in [3.8, 4) is 0 Å². The van der Waals surface area contributed by atoms with Gasteiger partial charge in [-0.3, -0.25) is 9.59 Å². The summed E-state index contributed by atoms with van der Waals surface area (Å²) < 4.78 is 2.03. The molecule has 0 atom stereocenters. The number of benzene rings is 1. The topological polar surface area (TPSA) is 67.2 Å². The van der Waals surface area contributed by atoms with E-state index in [1.807, 2.05) is 49.1 Å². The van der Waals surface area contributed by atoms with Crippen LogP contribution in [0.15, 0.2) is 36.7 Å². The molecule has 0 saturated carbocycles. The van der Waals surface area contributed by atoms with Crippen molar-refractivity contribution in [1.82, 2.24) is 14.5 Å². The van der Waals surface area contributed by atoms with Gasteiger partial charge in [-0.2, -0.15) is 0 Å². The SMILES string of the molecule is Cc1cccc(NC(=O)C(=O)N2CCC(Cc3nccn3C)CC2)c1. The van der Waals surface area contributed by atoms with E-state index in [1.165, 1.54) is 0 Å². The minimum Gasteiger partial charge on any atom is -0.338 e. The number of likely N-dealkylation sites (tertiary alicyclic amines) is 1. The molecule has 1 fully saturated rings. The molecule has 132 valence electrons. The molecule has 2 amide bonds. The van der Waals surface area contributed by atoms with Crippen LogP contribution in [-0.4, -0.2) is 39.4 Å². The van der Waals surface area contributed by atoms with E-state index in [9.17, 15) is 9.59 Å². The van der Waals surface area contributed by atoms with Crippen molar-refractivity contribution in [3.63, 3.8) is 0 Å².